The molecule has 0 aromatic heterocycles. The molecule has 1 aromatic carbocycles. The number of hydrogen-bond acceptors (Lipinski definition) is 3. The van der Waals surface area contributed by atoms with Gasteiger partial charge in [-0.1, -0.05) is 28.9 Å². The number of amidine groups is 1. The normalized spacial score (nSPS) is 15.9. The number of alkyl halides is 3. The van der Waals surface area contributed by atoms with Crippen LogP contribution in [0.3, 0.4) is 0 Å². The molecule has 0 bridgehead atoms. The monoisotopic (exact) mass is 309 g/mol. The Labute approximate surface area is 119 Å². The van der Waals surface area contributed by atoms with E-state index in [4.69, 9.17) is 22.5 Å². The van der Waals surface area contributed by atoms with Crippen molar-refractivity contribution in [2.75, 3.05) is 6.54 Å². The standard InChI is InChI=1S/C12H15ClF3N3O/c1-7(8-2-4-9(13)5-3-8)18-6-10(11(17)19-20)12(14,15)16/h2-5,7,10,18,20H,6H2,1H3,(H2,17,19)/t7-,10?/m1/s1. The first kappa shape index (κ1) is 16.6. The molecule has 0 aliphatic heterocycles. The minimum atomic E-state index is -4.58. The van der Waals surface area contributed by atoms with Crippen LogP contribution in [0.15, 0.2) is 29.4 Å². The van der Waals surface area contributed by atoms with Gasteiger partial charge < -0.3 is 16.3 Å². The van der Waals surface area contributed by atoms with Crippen LogP contribution in [0.25, 0.3) is 0 Å². The average molecular weight is 310 g/mol. The van der Waals surface area contributed by atoms with Gasteiger partial charge in [-0.05, 0) is 24.6 Å². The SMILES string of the molecule is C[C@@H](NCC(/C(N)=N/O)C(F)(F)F)c1ccc(Cl)cc1. The van der Waals surface area contributed by atoms with Crippen LogP contribution < -0.4 is 11.1 Å². The van der Waals surface area contributed by atoms with Crippen molar-refractivity contribution in [3.05, 3.63) is 34.9 Å². The summed E-state index contributed by atoms with van der Waals surface area (Å²) in [5.41, 5.74) is 5.86. The van der Waals surface area contributed by atoms with Crippen LogP contribution in [-0.2, 0) is 0 Å². The highest BCUT2D eigenvalue weighted by molar-refractivity contribution is 6.30. The third-order valence-electron chi connectivity index (χ3n) is 2.87. The summed E-state index contributed by atoms with van der Waals surface area (Å²) in [6.07, 6.45) is -4.58. The molecule has 0 aliphatic rings. The summed E-state index contributed by atoms with van der Waals surface area (Å²) < 4.78 is 38.2. The average Bonchev–Trinajstić information content (AvgIpc) is 2.37. The summed E-state index contributed by atoms with van der Waals surface area (Å²) in [6, 6.07) is 6.40. The van der Waals surface area contributed by atoms with Crippen LogP contribution in [-0.4, -0.2) is 23.8 Å². The van der Waals surface area contributed by atoms with Crippen molar-refractivity contribution in [2.24, 2.45) is 16.8 Å². The van der Waals surface area contributed by atoms with Gasteiger partial charge in [0.1, 0.15) is 5.92 Å². The van der Waals surface area contributed by atoms with Crippen molar-refractivity contribution in [3.8, 4) is 0 Å². The lowest BCUT2D eigenvalue weighted by Crippen LogP contribution is -2.43. The molecule has 2 atom stereocenters. The molecular weight excluding hydrogens is 295 g/mol. The first-order valence-corrected chi connectivity index (χ1v) is 6.16. The predicted octanol–water partition coefficient (Wildman–Crippen LogP) is 2.92. The predicted molar refractivity (Wildman–Crippen MR) is 70.8 cm³/mol. The minimum absolute atomic E-state index is 0.330. The second-order valence-corrected chi connectivity index (χ2v) is 4.74. The second kappa shape index (κ2) is 6.81. The Kier molecular flexibility index (Phi) is 5.64. The number of nitrogens with two attached hydrogens (primary N) is 1. The molecule has 0 saturated carbocycles. The quantitative estimate of drug-likeness (QED) is 0.339. The van der Waals surface area contributed by atoms with Crippen molar-refractivity contribution in [2.45, 2.75) is 19.1 Å². The molecule has 0 aliphatic carbocycles. The fourth-order valence-corrected chi connectivity index (χ4v) is 1.75. The molecule has 1 unspecified atom stereocenters. The maximum Gasteiger partial charge on any atom is 0.400 e. The lowest BCUT2D eigenvalue weighted by Gasteiger charge is -2.22. The van der Waals surface area contributed by atoms with E-state index in [1.54, 1.807) is 31.2 Å². The Morgan fingerprint density at radius 2 is 1.95 bits per heavy atom. The van der Waals surface area contributed by atoms with Crippen LogP contribution >= 0.6 is 11.6 Å². The molecule has 20 heavy (non-hydrogen) atoms. The minimum Gasteiger partial charge on any atom is -0.409 e. The smallest absolute Gasteiger partial charge is 0.400 e. The van der Waals surface area contributed by atoms with E-state index in [0.29, 0.717) is 5.02 Å². The van der Waals surface area contributed by atoms with Gasteiger partial charge in [0.05, 0.1) is 0 Å². The van der Waals surface area contributed by atoms with Gasteiger partial charge in [0.25, 0.3) is 0 Å². The number of nitrogens with zero attached hydrogens (tertiary/aromatic N) is 1. The van der Waals surface area contributed by atoms with Crippen molar-refractivity contribution in [1.29, 1.82) is 0 Å². The Morgan fingerprint density at radius 1 is 1.40 bits per heavy atom. The Morgan fingerprint density at radius 3 is 2.40 bits per heavy atom. The summed E-state index contributed by atoms with van der Waals surface area (Å²) in [7, 11) is 0. The second-order valence-electron chi connectivity index (χ2n) is 4.30. The maximum atomic E-state index is 12.7. The lowest BCUT2D eigenvalue weighted by molar-refractivity contribution is -0.155. The van der Waals surface area contributed by atoms with Crippen LogP contribution in [0.5, 0.6) is 0 Å². The number of oxime groups is 1. The fraction of sp³-hybridized carbons (Fsp3) is 0.417. The van der Waals surface area contributed by atoms with Gasteiger partial charge >= 0.3 is 6.18 Å². The van der Waals surface area contributed by atoms with E-state index in [2.05, 4.69) is 10.5 Å². The highest BCUT2D eigenvalue weighted by atomic mass is 35.5. The first-order chi connectivity index (χ1) is 9.25. The Bertz CT molecular complexity index is 462. The first-order valence-electron chi connectivity index (χ1n) is 5.78. The molecule has 0 fully saturated rings. The molecule has 4 nitrogen and oxygen atoms in total. The van der Waals surface area contributed by atoms with E-state index in [1.807, 2.05) is 0 Å². The molecule has 0 spiro atoms. The molecular formula is C12H15ClF3N3O. The topological polar surface area (TPSA) is 70.6 Å². The summed E-state index contributed by atoms with van der Waals surface area (Å²) in [5.74, 6) is -2.91. The maximum absolute atomic E-state index is 12.7. The Hall–Kier alpha value is -1.47. The summed E-state index contributed by atoms with van der Waals surface area (Å²) in [5, 5.41) is 14.1. The highest BCUT2D eigenvalue weighted by Gasteiger charge is 2.42. The van der Waals surface area contributed by atoms with E-state index in [-0.39, 0.29) is 6.04 Å². The van der Waals surface area contributed by atoms with Crippen molar-refractivity contribution < 1.29 is 18.4 Å². The van der Waals surface area contributed by atoms with Gasteiger partial charge in [-0.2, -0.15) is 13.2 Å². The van der Waals surface area contributed by atoms with Gasteiger partial charge in [-0.25, -0.2) is 0 Å². The zero-order valence-electron chi connectivity index (χ0n) is 10.7. The van der Waals surface area contributed by atoms with Gasteiger partial charge in [-0.3, -0.25) is 0 Å². The summed E-state index contributed by atoms with van der Waals surface area (Å²) in [4.78, 5) is 0. The lowest BCUT2D eigenvalue weighted by atomic mass is 10.1. The van der Waals surface area contributed by atoms with Gasteiger partial charge in [-0.15, -0.1) is 0 Å². The third kappa shape index (κ3) is 4.57. The third-order valence-corrected chi connectivity index (χ3v) is 3.12. The van der Waals surface area contributed by atoms with E-state index in [9.17, 15) is 13.2 Å². The van der Waals surface area contributed by atoms with Crippen molar-refractivity contribution in [3.63, 3.8) is 0 Å². The zero-order valence-corrected chi connectivity index (χ0v) is 11.4. The number of hydrogen-bond donors (Lipinski definition) is 3. The van der Waals surface area contributed by atoms with E-state index in [1.165, 1.54) is 0 Å². The van der Waals surface area contributed by atoms with Crippen LogP contribution in [0, 0.1) is 5.92 Å². The molecule has 0 saturated heterocycles. The molecule has 8 heteroatoms. The number of rotatable bonds is 5. The molecule has 0 radical (unpaired) electrons. The van der Waals surface area contributed by atoms with Crippen molar-refractivity contribution in [1.82, 2.24) is 5.32 Å². The van der Waals surface area contributed by atoms with E-state index < -0.39 is 24.5 Å². The summed E-state index contributed by atoms with van der Waals surface area (Å²) >= 11 is 5.73. The van der Waals surface area contributed by atoms with E-state index in [0.717, 1.165) is 5.56 Å². The summed E-state index contributed by atoms with van der Waals surface area (Å²) in [6.45, 7) is 1.23. The molecule has 0 heterocycles. The number of nitrogens with one attached hydrogen (secondary N) is 1. The Balaban J connectivity index is 2.70. The molecule has 1 rings (SSSR count). The van der Waals surface area contributed by atoms with Gasteiger partial charge in [0.2, 0.25) is 0 Å². The molecule has 4 N–H and O–H groups in total. The number of halogens is 4. The highest BCUT2D eigenvalue weighted by Crippen LogP contribution is 2.26. The van der Waals surface area contributed by atoms with Crippen LogP contribution in [0.1, 0.15) is 18.5 Å². The zero-order chi connectivity index (χ0) is 15.3. The molecule has 112 valence electrons. The van der Waals surface area contributed by atoms with Gasteiger partial charge in [0, 0.05) is 17.6 Å². The number of benzene rings is 1. The largest absolute Gasteiger partial charge is 0.409 e. The fourth-order valence-electron chi connectivity index (χ4n) is 1.62. The molecule has 0 amide bonds. The van der Waals surface area contributed by atoms with Gasteiger partial charge in [0.15, 0.2) is 5.84 Å². The van der Waals surface area contributed by atoms with E-state index >= 15 is 0 Å². The van der Waals surface area contributed by atoms with Crippen LogP contribution in [0.2, 0.25) is 5.02 Å². The van der Waals surface area contributed by atoms with Crippen molar-refractivity contribution >= 4 is 17.4 Å². The molecule has 1 aromatic rings. The van der Waals surface area contributed by atoms with Crippen LogP contribution in [0.4, 0.5) is 13.2 Å².